The number of esters is 1. The molecule has 5 heteroatoms. The molecule has 0 aliphatic carbocycles. The van der Waals surface area contributed by atoms with E-state index in [-0.39, 0.29) is 5.91 Å². The van der Waals surface area contributed by atoms with Gasteiger partial charge in [0, 0.05) is 19.3 Å². The van der Waals surface area contributed by atoms with Crippen molar-refractivity contribution in [1.82, 2.24) is 9.88 Å². The molecule has 1 N–H and O–H groups in total. The smallest absolute Gasteiger partial charge is 0.355 e. The molecule has 22 heavy (non-hydrogen) atoms. The van der Waals surface area contributed by atoms with Crippen LogP contribution in [0.5, 0.6) is 0 Å². The predicted octanol–water partition coefficient (Wildman–Crippen LogP) is 2.14. The summed E-state index contributed by atoms with van der Waals surface area (Å²) in [7, 11) is 0. The molecule has 0 saturated carbocycles. The van der Waals surface area contributed by atoms with E-state index in [1.807, 2.05) is 18.2 Å². The average molecular weight is 298 g/mol. The fourth-order valence-electron chi connectivity index (χ4n) is 2.67. The molecular formula is C17H18N2O3. The van der Waals surface area contributed by atoms with Crippen molar-refractivity contribution >= 4 is 11.9 Å². The van der Waals surface area contributed by atoms with Crippen LogP contribution in [0.1, 0.15) is 28.5 Å². The number of hydrogen-bond donors (Lipinski definition) is 1. The highest BCUT2D eigenvalue weighted by atomic mass is 16.5. The first-order valence-electron chi connectivity index (χ1n) is 7.35. The number of carbonyl (C=O) groups excluding carboxylic acids is 2. The average Bonchev–Trinajstić information content (AvgIpc) is 3.08. The first-order chi connectivity index (χ1) is 10.6. The normalized spacial score (nSPS) is 15.0. The van der Waals surface area contributed by atoms with Gasteiger partial charge in [-0.3, -0.25) is 4.79 Å². The van der Waals surface area contributed by atoms with E-state index in [0.717, 1.165) is 12.0 Å². The van der Waals surface area contributed by atoms with Crippen LogP contribution < -0.4 is 0 Å². The van der Waals surface area contributed by atoms with E-state index in [2.05, 4.69) is 11.1 Å². The fraction of sp³-hybridized carbons (Fsp3) is 0.294. The highest BCUT2D eigenvalue weighted by Crippen LogP contribution is 2.19. The second-order valence-electron chi connectivity index (χ2n) is 5.41. The number of benzene rings is 1. The Morgan fingerprint density at radius 3 is 2.68 bits per heavy atom. The summed E-state index contributed by atoms with van der Waals surface area (Å²) in [6.07, 6.45) is 1.69. The lowest BCUT2D eigenvalue weighted by Crippen LogP contribution is -2.42. The van der Waals surface area contributed by atoms with Gasteiger partial charge >= 0.3 is 5.97 Å². The van der Waals surface area contributed by atoms with Gasteiger partial charge in [-0.2, -0.15) is 0 Å². The number of amides is 1. The number of fused-ring (bicyclic) bond motifs is 1. The van der Waals surface area contributed by atoms with Crippen molar-refractivity contribution in [1.29, 1.82) is 0 Å². The van der Waals surface area contributed by atoms with Crippen molar-refractivity contribution in [2.45, 2.75) is 26.0 Å². The minimum absolute atomic E-state index is 0.158. The number of aromatic nitrogens is 1. The minimum Gasteiger partial charge on any atom is -0.448 e. The SMILES string of the molecule is C[C@H](OC(=O)c1ccc[nH]1)C(=O)N1CCc2ccccc2C1. The van der Waals surface area contributed by atoms with Gasteiger partial charge in [0.05, 0.1) is 0 Å². The monoisotopic (exact) mass is 298 g/mol. The molecule has 1 aliphatic rings. The molecule has 1 aromatic carbocycles. The second-order valence-corrected chi connectivity index (χ2v) is 5.41. The number of ether oxygens (including phenoxy) is 1. The summed E-state index contributed by atoms with van der Waals surface area (Å²) in [6.45, 7) is 2.84. The Hall–Kier alpha value is -2.56. The molecule has 0 saturated heterocycles. The third-order valence-corrected chi connectivity index (χ3v) is 3.89. The molecule has 1 aliphatic heterocycles. The first-order valence-corrected chi connectivity index (χ1v) is 7.35. The van der Waals surface area contributed by atoms with Gasteiger partial charge in [0.25, 0.3) is 5.91 Å². The van der Waals surface area contributed by atoms with Gasteiger partial charge in [-0.05, 0) is 36.6 Å². The number of rotatable bonds is 3. The maximum atomic E-state index is 12.5. The zero-order valence-corrected chi connectivity index (χ0v) is 12.4. The predicted molar refractivity (Wildman–Crippen MR) is 81.2 cm³/mol. The quantitative estimate of drug-likeness (QED) is 0.883. The van der Waals surface area contributed by atoms with Gasteiger partial charge < -0.3 is 14.6 Å². The summed E-state index contributed by atoms with van der Waals surface area (Å²) < 4.78 is 5.24. The summed E-state index contributed by atoms with van der Waals surface area (Å²) >= 11 is 0. The number of nitrogens with zero attached hydrogens (tertiary/aromatic N) is 1. The van der Waals surface area contributed by atoms with Crippen LogP contribution in [0.25, 0.3) is 0 Å². The molecule has 2 heterocycles. The van der Waals surface area contributed by atoms with E-state index in [4.69, 9.17) is 4.74 Å². The Bertz CT molecular complexity index is 679. The van der Waals surface area contributed by atoms with E-state index in [0.29, 0.717) is 18.8 Å². The van der Waals surface area contributed by atoms with Gasteiger partial charge in [0.2, 0.25) is 0 Å². The maximum Gasteiger partial charge on any atom is 0.355 e. The highest BCUT2D eigenvalue weighted by Gasteiger charge is 2.27. The lowest BCUT2D eigenvalue weighted by atomic mass is 9.99. The van der Waals surface area contributed by atoms with Crippen LogP contribution in [0, 0.1) is 0 Å². The molecule has 0 radical (unpaired) electrons. The van der Waals surface area contributed by atoms with Crippen molar-refractivity contribution in [2.75, 3.05) is 6.54 Å². The third kappa shape index (κ3) is 2.88. The van der Waals surface area contributed by atoms with Crippen LogP contribution in [0.15, 0.2) is 42.6 Å². The molecule has 1 atom stereocenters. The second kappa shape index (κ2) is 6.05. The van der Waals surface area contributed by atoms with Crippen LogP contribution in [0.2, 0.25) is 0 Å². The van der Waals surface area contributed by atoms with Crippen LogP contribution in [0.4, 0.5) is 0 Å². The lowest BCUT2D eigenvalue weighted by molar-refractivity contribution is -0.140. The van der Waals surface area contributed by atoms with E-state index >= 15 is 0 Å². The van der Waals surface area contributed by atoms with Crippen molar-refractivity contribution in [3.05, 3.63) is 59.4 Å². The maximum absolute atomic E-state index is 12.5. The van der Waals surface area contributed by atoms with Crippen LogP contribution in [-0.4, -0.2) is 34.4 Å². The lowest BCUT2D eigenvalue weighted by Gasteiger charge is -2.30. The van der Waals surface area contributed by atoms with Gasteiger partial charge in [-0.25, -0.2) is 4.79 Å². The van der Waals surface area contributed by atoms with Crippen molar-refractivity contribution in [3.8, 4) is 0 Å². The van der Waals surface area contributed by atoms with Gasteiger partial charge in [0.1, 0.15) is 5.69 Å². The Kier molecular flexibility index (Phi) is 3.96. The van der Waals surface area contributed by atoms with E-state index in [1.54, 1.807) is 30.2 Å². The Labute approximate surface area is 128 Å². The van der Waals surface area contributed by atoms with Crippen LogP contribution in [-0.2, 0) is 22.5 Å². The number of carbonyl (C=O) groups is 2. The molecule has 0 spiro atoms. The Morgan fingerprint density at radius 2 is 1.95 bits per heavy atom. The minimum atomic E-state index is -0.791. The number of aromatic amines is 1. The van der Waals surface area contributed by atoms with E-state index in [1.165, 1.54) is 5.56 Å². The van der Waals surface area contributed by atoms with Gasteiger partial charge in [-0.1, -0.05) is 24.3 Å². The molecule has 0 unspecified atom stereocenters. The van der Waals surface area contributed by atoms with Crippen molar-refractivity contribution in [3.63, 3.8) is 0 Å². The van der Waals surface area contributed by atoms with Crippen molar-refractivity contribution < 1.29 is 14.3 Å². The fourth-order valence-corrected chi connectivity index (χ4v) is 2.67. The third-order valence-electron chi connectivity index (χ3n) is 3.89. The summed E-state index contributed by atoms with van der Waals surface area (Å²) in [5, 5.41) is 0. The van der Waals surface area contributed by atoms with E-state index in [9.17, 15) is 9.59 Å². The molecule has 5 nitrogen and oxygen atoms in total. The molecule has 0 bridgehead atoms. The number of H-pyrrole nitrogens is 1. The molecule has 2 aromatic rings. The summed E-state index contributed by atoms with van der Waals surface area (Å²) in [5.74, 6) is -0.669. The number of nitrogens with one attached hydrogen (secondary N) is 1. The molecular weight excluding hydrogens is 280 g/mol. The summed E-state index contributed by atoms with van der Waals surface area (Å²) in [5.41, 5.74) is 2.79. The van der Waals surface area contributed by atoms with Gasteiger partial charge in [-0.15, -0.1) is 0 Å². The standard InChI is InChI=1S/C17H18N2O3/c1-12(22-17(21)15-7-4-9-18-15)16(20)19-10-8-13-5-2-3-6-14(13)11-19/h2-7,9,12,18H,8,10-11H2,1H3/t12-/m0/s1. The summed E-state index contributed by atoms with van der Waals surface area (Å²) in [6, 6.07) is 11.4. The molecule has 0 fully saturated rings. The highest BCUT2D eigenvalue weighted by molar-refractivity contribution is 5.90. The Morgan fingerprint density at radius 1 is 1.18 bits per heavy atom. The topological polar surface area (TPSA) is 62.4 Å². The van der Waals surface area contributed by atoms with Crippen molar-refractivity contribution in [2.24, 2.45) is 0 Å². The largest absolute Gasteiger partial charge is 0.448 e. The molecule has 1 aromatic heterocycles. The molecule has 114 valence electrons. The van der Waals surface area contributed by atoms with E-state index < -0.39 is 12.1 Å². The zero-order valence-electron chi connectivity index (χ0n) is 12.4. The van der Waals surface area contributed by atoms with Gasteiger partial charge in [0.15, 0.2) is 6.10 Å². The number of hydrogen-bond acceptors (Lipinski definition) is 3. The summed E-state index contributed by atoms with van der Waals surface area (Å²) in [4.78, 5) is 28.8. The molecule has 1 amide bonds. The van der Waals surface area contributed by atoms with Crippen LogP contribution in [0.3, 0.4) is 0 Å². The van der Waals surface area contributed by atoms with Crippen LogP contribution >= 0.6 is 0 Å². The first kappa shape index (κ1) is 14.4. The zero-order chi connectivity index (χ0) is 15.5. The Balaban J connectivity index is 1.63. The molecule has 3 rings (SSSR count).